The van der Waals surface area contributed by atoms with Gasteiger partial charge in [-0.25, -0.2) is 0 Å². The Bertz CT molecular complexity index is 870. The highest BCUT2D eigenvalue weighted by atomic mass is 16.1. The third-order valence-corrected chi connectivity index (χ3v) is 6.36. The van der Waals surface area contributed by atoms with Crippen molar-refractivity contribution >= 4 is 5.78 Å². The van der Waals surface area contributed by atoms with Crippen LogP contribution in [0.5, 0.6) is 0 Å². The monoisotopic (exact) mass is 491 g/mol. The number of rotatable bonds is 15. The Labute approximate surface area is 221 Å². The van der Waals surface area contributed by atoms with Crippen molar-refractivity contribution in [3.05, 3.63) is 96.7 Å². The van der Waals surface area contributed by atoms with Crippen LogP contribution in [0.15, 0.2) is 96.7 Å². The minimum absolute atomic E-state index is 0.181. The van der Waals surface area contributed by atoms with Crippen LogP contribution in [0.4, 0.5) is 0 Å². The standard InChI is InChI=1S/C30H45N3O.C2H4/c1-5-8-17-30-24-28(26(4)34)25-33(30)23-13-12-22-32(7-3)21-11-9-10-20-31-29-16-14-15-27(6-2)18-19-29;1-2/h5,8,10,14-15,17-20,25,31H,6-7,9,11-13,16,21-24H2,1-4H3;1-2H2/b8-5-,20-10+,30-17+;. The van der Waals surface area contributed by atoms with Gasteiger partial charge in [0, 0.05) is 42.6 Å². The number of hydrogen-bond donors (Lipinski definition) is 1. The molecule has 0 unspecified atom stereocenters. The van der Waals surface area contributed by atoms with Crippen molar-refractivity contribution in [3.63, 3.8) is 0 Å². The molecule has 198 valence electrons. The third kappa shape index (κ3) is 12.2. The number of carbonyl (C=O) groups excluding carboxylic acids is 1. The Kier molecular flexibility index (Phi) is 16.8. The molecule has 4 nitrogen and oxygen atoms in total. The van der Waals surface area contributed by atoms with Gasteiger partial charge in [-0.05, 0) is 89.5 Å². The number of nitrogens with one attached hydrogen (secondary N) is 1. The van der Waals surface area contributed by atoms with Gasteiger partial charge in [-0.15, -0.1) is 13.2 Å². The van der Waals surface area contributed by atoms with Crippen molar-refractivity contribution in [2.24, 2.45) is 0 Å². The van der Waals surface area contributed by atoms with E-state index in [1.165, 1.54) is 29.8 Å². The average molecular weight is 492 g/mol. The molecular weight excluding hydrogens is 442 g/mol. The molecule has 2 rings (SSSR count). The quantitative estimate of drug-likeness (QED) is 0.189. The van der Waals surface area contributed by atoms with E-state index in [4.69, 9.17) is 0 Å². The lowest BCUT2D eigenvalue weighted by molar-refractivity contribution is -0.113. The summed E-state index contributed by atoms with van der Waals surface area (Å²) in [5.74, 6) is 0.181. The average Bonchev–Trinajstić information content (AvgIpc) is 3.17. The summed E-state index contributed by atoms with van der Waals surface area (Å²) in [5.41, 5.74) is 4.78. The number of Topliss-reactive ketones (excluding diaryl/α,β-unsaturated/α-hetero) is 1. The molecule has 1 heterocycles. The molecular formula is C32H49N3O. The van der Waals surface area contributed by atoms with E-state index in [0.717, 1.165) is 63.9 Å². The summed E-state index contributed by atoms with van der Waals surface area (Å²) in [6.45, 7) is 18.5. The fraction of sp³-hybridized carbons (Fsp3) is 0.469. The molecule has 0 spiro atoms. The van der Waals surface area contributed by atoms with Gasteiger partial charge in [-0.2, -0.15) is 0 Å². The van der Waals surface area contributed by atoms with Gasteiger partial charge in [0.05, 0.1) is 0 Å². The highest BCUT2D eigenvalue weighted by Gasteiger charge is 2.20. The first-order chi connectivity index (χ1) is 17.6. The van der Waals surface area contributed by atoms with E-state index in [9.17, 15) is 4.79 Å². The maximum Gasteiger partial charge on any atom is 0.157 e. The second kappa shape index (κ2) is 19.4. The molecule has 0 atom stereocenters. The maximum absolute atomic E-state index is 11.8. The van der Waals surface area contributed by atoms with E-state index in [0.29, 0.717) is 0 Å². The predicted octanol–water partition coefficient (Wildman–Crippen LogP) is 7.59. The molecule has 0 aromatic heterocycles. The van der Waals surface area contributed by atoms with Crippen LogP contribution in [0.25, 0.3) is 0 Å². The lowest BCUT2D eigenvalue weighted by Crippen LogP contribution is -2.26. The minimum Gasteiger partial charge on any atom is -0.365 e. The van der Waals surface area contributed by atoms with Crippen molar-refractivity contribution in [2.75, 3.05) is 26.2 Å². The fourth-order valence-electron chi connectivity index (χ4n) is 4.14. The van der Waals surface area contributed by atoms with Gasteiger partial charge < -0.3 is 15.1 Å². The minimum atomic E-state index is 0.181. The number of ketones is 1. The first kappa shape index (κ1) is 31.2. The zero-order chi connectivity index (χ0) is 26.6. The number of hydrogen-bond acceptors (Lipinski definition) is 4. The Hall–Kier alpha value is -2.85. The van der Waals surface area contributed by atoms with Crippen LogP contribution in [-0.4, -0.2) is 41.8 Å². The molecule has 0 fully saturated rings. The Morgan fingerprint density at radius 1 is 1.17 bits per heavy atom. The molecule has 4 heteroatoms. The maximum atomic E-state index is 11.8. The van der Waals surface area contributed by atoms with Gasteiger partial charge in [0.25, 0.3) is 0 Å². The normalized spacial score (nSPS) is 16.8. The Morgan fingerprint density at radius 2 is 1.94 bits per heavy atom. The molecule has 1 N–H and O–H groups in total. The summed E-state index contributed by atoms with van der Waals surface area (Å²) in [6.07, 6.45) is 28.9. The van der Waals surface area contributed by atoms with Crippen molar-refractivity contribution in [1.82, 2.24) is 15.1 Å². The summed E-state index contributed by atoms with van der Waals surface area (Å²) < 4.78 is 0. The molecule has 0 amide bonds. The van der Waals surface area contributed by atoms with E-state index in [2.05, 4.69) is 97.1 Å². The summed E-state index contributed by atoms with van der Waals surface area (Å²) in [6, 6.07) is 0. The molecule has 36 heavy (non-hydrogen) atoms. The molecule has 0 aromatic rings. The van der Waals surface area contributed by atoms with Crippen LogP contribution in [0.1, 0.15) is 72.6 Å². The molecule has 1 aliphatic carbocycles. The fourth-order valence-corrected chi connectivity index (χ4v) is 4.14. The van der Waals surface area contributed by atoms with Crippen LogP contribution in [0.3, 0.4) is 0 Å². The SMILES string of the molecule is C/C=C\C=C1/CC(C(C)=O)=CN1CCCCN(CC)CCC/C=C/NC1=CC=C(CC)C=CC1.C=C. The molecule has 2 aliphatic rings. The number of nitrogens with zero attached hydrogens (tertiary/aromatic N) is 2. The zero-order valence-electron chi connectivity index (χ0n) is 23.3. The van der Waals surface area contributed by atoms with E-state index in [-0.39, 0.29) is 5.78 Å². The number of allylic oxidation sites excluding steroid dienone is 10. The molecule has 0 saturated carbocycles. The molecule has 0 saturated heterocycles. The first-order valence-corrected chi connectivity index (χ1v) is 13.6. The molecule has 0 bridgehead atoms. The lowest BCUT2D eigenvalue weighted by atomic mass is 10.1. The van der Waals surface area contributed by atoms with E-state index >= 15 is 0 Å². The summed E-state index contributed by atoms with van der Waals surface area (Å²) in [4.78, 5) is 16.6. The van der Waals surface area contributed by atoms with Crippen LogP contribution in [-0.2, 0) is 4.79 Å². The summed E-state index contributed by atoms with van der Waals surface area (Å²) in [7, 11) is 0. The van der Waals surface area contributed by atoms with Crippen LogP contribution in [0.2, 0.25) is 0 Å². The summed E-state index contributed by atoms with van der Waals surface area (Å²) >= 11 is 0. The van der Waals surface area contributed by atoms with Gasteiger partial charge in [0.15, 0.2) is 5.78 Å². The first-order valence-electron chi connectivity index (χ1n) is 13.6. The highest BCUT2D eigenvalue weighted by Crippen LogP contribution is 2.26. The predicted molar refractivity (Wildman–Crippen MR) is 157 cm³/mol. The van der Waals surface area contributed by atoms with E-state index in [1.54, 1.807) is 6.92 Å². The van der Waals surface area contributed by atoms with Crippen molar-refractivity contribution in [2.45, 2.75) is 72.6 Å². The van der Waals surface area contributed by atoms with Crippen LogP contribution in [0, 0.1) is 0 Å². The van der Waals surface area contributed by atoms with Crippen LogP contribution < -0.4 is 5.32 Å². The molecule has 1 aliphatic heterocycles. The molecule has 0 radical (unpaired) electrons. The van der Waals surface area contributed by atoms with E-state index in [1.807, 2.05) is 13.0 Å². The van der Waals surface area contributed by atoms with Crippen molar-refractivity contribution in [1.29, 1.82) is 0 Å². The second-order valence-corrected chi connectivity index (χ2v) is 8.99. The second-order valence-electron chi connectivity index (χ2n) is 8.99. The van der Waals surface area contributed by atoms with Crippen molar-refractivity contribution in [3.8, 4) is 0 Å². The largest absolute Gasteiger partial charge is 0.365 e. The summed E-state index contributed by atoms with van der Waals surface area (Å²) in [5, 5.41) is 3.44. The van der Waals surface area contributed by atoms with Gasteiger partial charge in [-0.3, -0.25) is 4.79 Å². The van der Waals surface area contributed by atoms with Gasteiger partial charge in [-0.1, -0.05) is 50.3 Å². The number of carbonyl (C=O) groups is 1. The Morgan fingerprint density at radius 3 is 2.64 bits per heavy atom. The highest BCUT2D eigenvalue weighted by molar-refractivity contribution is 5.94. The van der Waals surface area contributed by atoms with Crippen molar-refractivity contribution < 1.29 is 4.79 Å². The topological polar surface area (TPSA) is 35.6 Å². The molecule has 0 aromatic carbocycles. The van der Waals surface area contributed by atoms with Gasteiger partial charge in [0.1, 0.15) is 0 Å². The van der Waals surface area contributed by atoms with Gasteiger partial charge in [0.2, 0.25) is 0 Å². The van der Waals surface area contributed by atoms with Gasteiger partial charge >= 0.3 is 0 Å². The van der Waals surface area contributed by atoms with Crippen LogP contribution >= 0.6 is 0 Å². The Balaban J connectivity index is 0.00000316. The number of unbranched alkanes of at least 4 members (excludes halogenated alkanes) is 2. The lowest BCUT2D eigenvalue weighted by Gasteiger charge is -2.22. The van der Waals surface area contributed by atoms with E-state index < -0.39 is 0 Å². The zero-order valence-corrected chi connectivity index (χ0v) is 23.3. The third-order valence-electron chi connectivity index (χ3n) is 6.36. The smallest absolute Gasteiger partial charge is 0.157 e.